The molecule has 0 aliphatic heterocycles. The van der Waals surface area contributed by atoms with Crippen molar-refractivity contribution in [1.29, 1.82) is 0 Å². The lowest BCUT2D eigenvalue weighted by Crippen LogP contribution is -2.16. The molecule has 98 valence electrons. The molecule has 0 fully saturated rings. The molecule has 0 saturated carbocycles. The second kappa shape index (κ2) is 5.67. The number of nitrogens with zero attached hydrogens (tertiary/aromatic N) is 3. The van der Waals surface area contributed by atoms with E-state index in [1.807, 2.05) is 0 Å². The minimum Gasteiger partial charge on any atom is -0.497 e. The van der Waals surface area contributed by atoms with Crippen LogP contribution in [0.1, 0.15) is 5.69 Å². The predicted molar refractivity (Wildman–Crippen MR) is 67.6 cm³/mol. The molecular formula is C12H12N4O3. The van der Waals surface area contributed by atoms with Gasteiger partial charge in [-0.1, -0.05) is 11.2 Å². The number of methoxy groups -OCH3 is 1. The molecule has 0 aliphatic carbocycles. The van der Waals surface area contributed by atoms with E-state index in [9.17, 15) is 0 Å². The van der Waals surface area contributed by atoms with Gasteiger partial charge in [0.25, 0.3) is 0 Å². The SMILES string of the molecule is COc1cccc(Oc2nccnc2/C(N)=N/O)c1. The quantitative estimate of drug-likeness (QED) is 0.372. The number of ether oxygens (including phenoxy) is 2. The Balaban J connectivity index is 2.33. The van der Waals surface area contributed by atoms with E-state index in [-0.39, 0.29) is 17.4 Å². The Morgan fingerprint density at radius 3 is 2.74 bits per heavy atom. The van der Waals surface area contributed by atoms with Crippen LogP contribution in [0.3, 0.4) is 0 Å². The molecule has 2 rings (SSSR count). The molecule has 1 heterocycles. The summed E-state index contributed by atoms with van der Waals surface area (Å²) in [5, 5.41) is 11.6. The van der Waals surface area contributed by atoms with E-state index in [1.165, 1.54) is 12.4 Å². The summed E-state index contributed by atoms with van der Waals surface area (Å²) in [4.78, 5) is 7.95. The van der Waals surface area contributed by atoms with Gasteiger partial charge in [0, 0.05) is 18.5 Å². The van der Waals surface area contributed by atoms with Crippen LogP contribution in [-0.4, -0.2) is 28.1 Å². The van der Waals surface area contributed by atoms with Crippen LogP contribution < -0.4 is 15.2 Å². The molecule has 7 nitrogen and oxygen atoms in total. The van der Waals surface area contributed by atoms with Crippen molar-refractivity contribution in [2.24, 2.45) is 10.9 Å². The Morgan fingerprint density at radius 1 is 1.26 bits per heavy atom. The van der Waals surface area contributed by atoms with Crippen molar-refractivity contribution in [3.63, 3.8) is 0 Å². The maximum atomic E-state index is 8.68. The maximum Gasteiger partial charge on any atom is 0.249 e. The highest BCUT2D eigenvalue weighted by Gasteiger charge is 2.12. The van der Waals surface area contributed by atoms with E-state index in [2.05, 4.69) is 15.1 Å². The highest BCUT2D eigenvalue weighted by molar-refractivity contribution is 5.97. The number of aromatic nitrogens is 2. The standard InChI is InChI=1S/C12H12N4O3/c1-18-8-3-2-4-9(7-8)19-12-10(11(13)16-17)14-5-6-15-12/h2-7,17H,1H3,(H2,13,16). The minimum atomic E-state index is -0.175. The number of benzene rings is 1. The van der Waals surface area contributed by atoms with Gasteiger partial charge in [-0.05, 0) is 12.1 Å². The van der Waals surface area contributed by atoms with E-state index < -0.39 is 0 Å². The predicted octanol–water partition coefficient (Wildman–Crippen LogP) is 1.37. The monoisotopic (exact) mass is 260 g/mol. The number of hydrogen-bond acceptors (Lipinski definition) is 6. The van der Waals surface area contributed by atoms with Crippen molar-refractivity contribution in [2.75, 3.05) is 7.11 Å². The molecule has 0 spiro atoms. The molecule has 0 unspecified atom stereocenters. The summed E-state index contributed by atoms with van der Waals surface area (Å²) >= 11 is 0. The molecule has 0 saturated heterocycles. The molecular weight excluding hydrogens is 248 g/mol. The highest BCUT2D eigenvalue weighted by atomic mass is 16.5. The van der Waals surface area contributed by atoms with Crippen molar-refractivity contribution >= 4 is 5.84 Å². The first-order chi connectivity index (χ1) is 9.24. The van der Waals surface area contributed by atoms with Crippen molar-refractivity contribution in [3.05, 3.63) is 42.4 Å². The number of amidine groups is 1. The third kappa shape index (κ3) is 2.89. The van der Waals surface area contributed by atoms with Gasteiger partial charge in [0.1, 0.15) is 11.5 Å². The van der Waals surface area contributed by atoms with E-state index in [0.29, 0.717) is 11.5 Å². The van der Waals surface area contributed by atoms with Crippen LogP contribution in [0.4, 0.5) is 0 Å². The Labute approximate surface area is 109 Å². The first-order valence-corrected chi connectivity index (χ1v) is 5.35. The highest BCUT2D eigenvalue weighted by Crippen LogP contribution is 2.25. The average Bonchev–Trinajstić information content (AvgIpc) is 2.47. The minimum absolute atomic E-state index is 0.144. The molecule has 0 atom stereocenters. The number of hydrogen-bond donors (Lipinski definition) is 2. The largest absolute Gasteiger partial charge is 0.497 e. The molecule has 0 amide bonds. The molecule has 19 heavy (non-hydrogen) atoms. The number of rotatable bonds is 4. The first kappa shape index (κ1) is 12.6. The summed E-state index contributed by atoms with van der Waals surface area (Å²) in [6.07, 6.45) is 2.87. The summed E-state index contributed by atoms with van der Waals surface area (Å²) in [6.45, 7) is 0. The van der Waals surface area contributed by atoms with Gasteiger partial charge in [0.15, 0.2) is 11.5 Å². The molecule has 0 bridgehead atoms. The Hall–Kier alpha value is -2.83. The fourth-order valence-corrected chi connectivity index (χ4v) is 1.40. The first-order valence-electron chi connectivity index (χ1n) is 5.35. The third-order valence-electron chi connectivity index (χ3n) is 2.27. The molecule has 2 aromatic rings. The number of oxime groups is 1. The molecule has 0 aliphatic rings. The van der Waals surface area contributed by atoms with Crippen molar-refractivity contribution in [3.8, 4) is 17.4 Å². The van der Waals surface area contributed by atoms with Gasteiger partial charge in [-0.2, -0.15) is 0 Å². The topological polar surface area (TPSA) is 103 Å². The van der Waals surface area contributed by atoms with Gasteiger partial charge in [0.05, 0.1) is 7.11 Å². The zero-order valence-corrected chi connectivity index (χ0v) is 10.1. The van der Waals surface area contributed by atoms with Crippen molar-refractivity contribution in [2.45, 2.75) is 0 Å². The van der Waals surface area contributed by atoms with Crippen LogP contribution in [0.15, 0.2) is 41.8 Å². The van der Waals surface area contributed by atoms with E-state index in [0.717, 1.165) is 0 Å². The van der Waals surface area contributed by atoms with Crippen LogP contribution in [0, 0.1) is 0 Å². The van der Waals surface area contributed by atoms with E-state index in [1.54, 1.807) is 31.4 Å². The Kier molecular flexibility index (Phi) is 3.77. The van der Waals surface area contributed by atoms with Gasteiger partial charge in [-0.25, -0.2) is 9.97 Å². The van der Waals surface area contributed by atoms with Crippen LogP contribution >= 0.6 is 0 Å². The zero-order valence-electron chi connectivity index (χ0n) is 10.1. The lowest BCUT2D eigenvalue weighted by molar-refractivity contribution is 0.318. The third-order valence-corrected chi connectivity index (χ3v) is 2.27. The second-order valence-electron chi connectivity index (χ2n) is 3.48. The lowest BCUT2D eigenvalue weighted by atomic mass is 10.3. The molecule has 3 N–H and O–H groups in total. The maximum absolute atomic E-state index is 8.68. The second-order valence-corrected chi connectivity index (χ2v) is 3.48. The van der Waals surface area contributed by atoms with Gasteiger partial charge in [-0.3, -0.25) is 0 Å². The molecule has 0 radical (unpaired) electrons. The van der Waals surface area contributed by atoms with Gasteiger partial charge in [0.2, 0.25) is 5.88 Å². The summed E-state index contributed by atoms with van der Waals surface area (Å²) in [5.41, 5.74) is 5.66. The van der Waals surface area contributed by atoms with Crippen LogP contribution in [0.25, 0.3) is 0 Å². The Bertz CT molecular complexity index is 601. The van der Waals surface area contributed by atoms with Crippen molar-refractivity contribution < 1.29 is 14.7 Å². The van der Waals surface area contributed by atoms with Gasteiger partial charge < -0.3 is 20.4 Å². The van der Waals surface area contributed by atoms with Crippen LogP contribution in [0.5, 0.6) is 17.4 Å². The molecule has 1 aromatic carbocycles. The summed E-state index contributed by atoms with van der Waals surface area (Å²) in [6, 6.07) is 6.97. The molecule has 7 heteroatoms. The Morgan fingerprint density at radius 2 is 2.00 bits per heavy atom. The summed E-state index contributed by atoms with van der Waals surface area (Å²) < 4.78 is 10.6. The normalized spacial score (nSPS) is 11.1. The lowest BCUT2D eigenvalue weighted by Gasteiger charge is -2.08. The summed E-state index contributed by atoms with van der Waals surface area (Å²) in [5.74, 6) is 1.12. The number of nitrogens with two attached hydrogens (primary N) is 1. The van der Waals surface area contributed by atoms with Crippen LogP contribution in [0.2, 0.25) is 0 Å². The van der Waals surface area contributed by atoms with Crippen molar-refractivity contribution in [1.82, 2.24) is 9.97 Å². The van der Waals surface area contributed by atoms with Gasteiger partial charge >= 0.3 is 0 Å². The average molecular weight is 260 g/mol. The summed E-state index contributed by atoms with van der Waals surface area (Å²) in [7, 11) is 1.56. The van der Waals surface area contributed by atoms with E-state index in [4.69, 9.17) is 20.4 Å². The smallest absolute Gasteiger partial charge is 0.249 e. The fourth-order valence-electron chi connectivity index (χ4n) is 1.40. The van der Waals surface area contributed by atoms with E-state index >= 15 is 0 Å². The van der Waals surface area contributed by atoms with Crippen LogP contribution in [-0.2, 0) is 0 Å². The van der Waals surface area contributed by atoms with Gasteiger partial charge in [-0.15, -0.1) is 0 Å². The fraction of sp³-hybridized carbons (Fsp3) is 0.0833. The molecule has 1 aromatic heterocycles. The zero-order chi connectivity index (χ0) is 13.7.